The van der Waals surface area contributed by atoms with Gasteiger partial charge in [-0.3, -0.25) is 9.59 Å². The molecule has 0 unspecified atom stereocenters. The maximum atomic E-state index is 13.6. The number of amides is 2. The Morgan fingerprint density at radius 1 is 0.943 bits per heavy atom. The van der Waals surface area contributed by atoms with Crippen molar-refractivity contribution in [2.45, 2.75) is 38.6 Å². The number of nitrogens with zero attached hydrogens (tertiary/aromatic N) is 1. The molecule has 0 bridgehead atoms. The van der Waals surface area contributed by atoms with Crippen LogP contribution in [0.1, 0.15) is 27.8 Å². The van der Waals surface area contributed by atoms with Crippen molar-refractivity contribution >= 4 is 46.8 Å². The molecule has 0 heterocycles. The Kier molecular flexibility index (Phi) is 10.1. The Hall–Kier alpha value is -2.47. The molecule has 184 valence electrons. The summed E-state index contributed by atoms with van der Waals surface area (Å²) in [5, 5.41) is 3.72. The van der Waals surface area contributed by atoms with Gasteiger partial charge in [-0.2, -0.15) is 0 Å². The third kappa shape index (κ3) is 8.03. The largest absolute Gasteiger partial charge is 0.357 e. The van der Waals surface area contributed by atoms with Crippen LogP contribution in [0.25, 0.3) is 0 Å². The van der Waals surface area contributed by atoms with Crippen LogP contribution in [0.5, 0.6) is 0 Å². The van der Waals surface area contributed by atoms with Crippen LogP contribution in [0, 0.1) is 13.8 Å². The van der Waals surface area contributed by atoms with Crippen molar-refractivity contribution in [1.82, 2.24) is 10.2 Å². The first-order chi connectivity index (χ1) is 16.8. The van der Waals surface area contributed by atoms with E-state index in [2.05, 4.69) is 37.4 Å². The third-order valence-corrected chi connectivity index (χ3v) is 7.22. The van der Waals surface area contributed by atoms with Crippen molar-refractivity contribution in [2.75, 3.05) is 12.8 Å². The van der Waals surface area contributed by atoms with Gasteiger partial charge in [0.25, 0.3) is 0 Å². The van der Waals surface area contributed by atoms with Gasteiger partial charge in [0.05, 0.1) is 5.75 Å². The van der Waals surface area contributed by atoms with E-state index in [4.69, 9.17) is 23.2 Å². The fourth-order valence-electron chi connectivity index (χ4n) is 4.05. The van der Waals surface area contributed by atoms with Gasteiger partial charge in [0, 0.05) is 35.8 Å². The van der Waals surface area contributed by atoms with Crippen molar-refractivity contribution in [2.24, 2.45) is 0 Å². The second-order valence-corrected chi connectivity index (χ2v) is 10.4. The molecule has 0 spiro atoms. The van der Waals surface area contributed by atoms with Gasteiger partial charge >= 0.3 is 0 Å². The minimum Gasteiger partial charge on any atom is -0.357 e. The lowest BCUT2D eigenvalue weighted by Gasteiger charge is -2.31. The maximum Gasteiger partial charge on any atom is 0.242 e. The Labute approximate surface area is 222 Å². The minimum atomic E-state index is -0.677. The van der Waals surface area contributed by atoms with E-state index in [9.17, 15) is 9.59 Å². The second kappa shape index (κ2) is 13.0. The Bertz CT molecular complexity index is 1150. The van der Waals surface area contributed by atoms with Crippen molar-refractivity contribution < 1.29 is 9.59 Å². The highest BCUT2D eigenvalue weighted by Crippen LogP contribution is 2.25. The molecule has 0 aromatic heterocycles. The average Bonchev–Trinajstić information content (AvgIpc) is 2.82. The molecule has 3 rings (SSSR count). The van der Waals surface area contributed by atoms with Crippen LogP contribution in [0.2, 0.25) is 10.0 Å². The van der Waals surface area contributed by atoms with E-state index in [-0.39, 0.29) is 24.1 Å². The number of aryl methyl sites for hydroxylation is 2. The zero-order valence-electron chi connectivity index (χ0n) is 20.2. The first-order valence-electron chi connectivity index (χ1n) is 11.4. The molecule has 0 radical (unpaired) electrons. The summed E-state index contributed by atoms with van der Waals surface area (Å²) in [7, 11) is 1.59. The van der Waals surface area contributed by atoms with Crippen LogP contribution in [0.4, 0.5) is 0 Å². The van der Waals surface area contributed by atoms with Gasteiger partial charge in [0.1, 0.15) is 6.04 Å². The molecule has 0 aliphatic heterocycles. The third-order valence-electron chi connectivity index (χ3n) is 5.65. The fourth-order valence-corrected chi connectivity index (χ4v) is 5.36. The number of benzene rings is 3. The van der Waals surface area contributed by atoms with Gasteiger partial charge in [0.15, 0.2) is 0 Å². The number of rotatable bonds is 10. The summed E-state index contributed by atoms with van der Waals surface area (Å²) in [5.74, 6) is 0.634. The molecule has 0 aliphatic rings. The second-order valence-electron chi connectivity index (χ2n) is 8.57. The number of nitrogens with one attached hydrogen (secondary N) is 1. The number of likely N-dealkylation sites (N-methyl/N-ethyl adjacent to an activating group) is 1. The number of thioether (sulfide) groups is 1. The van der Waals surface area contributed by atoms with E-state index in [1.165, 1.54) is 16.7 Å². The molecule has 35 heavy (non-hydrogen) atoms. The zero-order valence-corrected chi connectivity index (χ0v) is 22.5. The molecule has 2 amide bonds. The number of halogens is 2. The van der Waals surface area contributed by atoms with E-state index in [0.717, 1.165) is 11.1 Å². The van der Waals surface area contributed by atoms with E-state index in [1.54, 1.807) is 41.9 Å². The van der Waals surface area contributed by atoms with Gasteiger partial charge in [0.2, 0.25) is 11.8 Å². The van der Waals surface area contributed by atoms with E-state index in [1.807, 2.05) is 30.3 Å². The van der Waals surface area contributed by atoms with Crippen molar-refractivity contribution in [1.29, 1.82) is 0 Å². The molecular weight excluding hydrogens is 499 g/mol. The van der Waals surface area contributed by atoms with Crippen LogP contribution in [-0.2, 0) is 28.3 Å². The summed E-state index contributed by atoms with van der Waals surface area (Å²) in [6.45, 7) is 4.35. The first kappa shape index (κ1) is 27.1. The lowest BCUT2D eigenvalue weighted by Crippen LogP contribution is -2.50. The molecule has 3 aromatic rings. The normalized spacial score (nSPS) is 11.7. The molecule has 7 heteroatoms. The summed E-state index contributed by atoms with van der Waals surface area (Å²) < 4.78 is 0. The van der Waals surface area contributed by atoms with Crippen molar-refractivity contribution in [3.05, 3.63) is 105 Å². The average molecular weight is 530 g/mol. The summed E-state index contributed by atoms with van der Waals surface area (Å²) in [4.78, 5) is 28.2. The quantitative estimate of drug-likeness (QED) is 0.339. The highest BCUT2D eigenvalue weighted by molar-refractivity contribution is 7.99. The van der Waals surface area contributed by atoms with Gasteiger partial charge in [-0.1, -0.05) is 88.9 Å². The molecule has 4 nitrogen and oxygen atoms in total. The summed E-state index contributed by atoms with van der Waals surface area (Å²) >= 11 is 14.1. The summed E-state index contributed by atoms with van der Waals surface area (Å²) in [6, 6.07) is 20.6. The van der Waals surface area contributed by atoms with Gasteiger partial charge in [-0.15, -0.1) is 11.8 Å². The predicted octanol–water partition coefficient (Wildman–Crippen LogP) is 6.23. The molecule has 0 fully saturated rings. The smallest absolute Gasteiger partial charge is 0.242 e. The van der Waals surface area contributed by atoms with E-state index in [0.29, 0.717) is 22.2 Å². The minimum absolute atomic E-state index is 0.116. The lowest BCUT2D eigenvalue weighted by molar-refractivity contribution is -0.139. The number of carbonyl (C=O) groups excluding carboxylic acids is 2. The highest BCUT2D eigenvalue weighted by atomic mass is 35.5. The van der Waals surface area contributed by atoms with Gasteiger partial charge in [-0.05, 0) is 42.7 Å². The first-order valence-corrected chi connectivity index (χ1v) is 13.3. The monoisotopic (exact) mass is 528 g/mol. The maximum absolute atomic E-state index is 13.6. The Balaban J connectivity index is 1.84. The number of hydrogen-bond donors (Lipinski definition) is 1. The molecule has 1 N–H and O–H groups in total. The highest BCUT2D eigenvalue weighted by Gasteiger charge is 2.30. The number of carbonyl (C=O) groups is 2. The molecular formula is C28H30Cl2N2O2S. The van der Waals surface area contributed by atoms with Crippen molar-refractivity contribution in [3.8, 4) is 0 Å². The predicted molar refractivity (Wildman–Crippen MR) is 147 cm³/mol. The standard InChI is InChI=1S/C28H30Cl2N2O2S/c1-19-11-20(2)13-22(12-19)17-35-18-27(33)32(16-23-9-10-24(29)15-25(23)30)26(28(34)31-3)14-21-7-5-4-6-8-21/h4-13,15,26H,14,16-18H2,1-3H3,(H,31,34)/t26-/m0/s1. The Morgan fingerprint density at radius 3 is 2.26 bits per heavy atom. The van der Waals surface area contributed by atoms with Gasteiger partial charge < -0.3 is 10.2 Å². The molecule has 0 saturated heterocycles. The van der Waals surface area contributed by atoms with E-state index < -0.39 is 6.04 Å². The molecule has 1 atom stereocenters. The van der Waals surface area contributed by atoms with Crippen LogP contribution in [0.15, 0.2) is 66.7 Å². The van der Waals surface area contributed by atoms with Crippen LogP contribution in [-0.4, -0.2) is 35.6 Å². The van der Waals surface area contributed by atoms with Gasteiger partial charge in [-0.25, -0.2) is 0 Å². The lowest BCUT2D eigenvalue weighted by atomic mass is 10.0. The SMILES string of the molecule is CNC(=O)[C@H](Cc1ccccc1)N(Cc1ccc(Cl)cc1Cl)C(=O)CSCc1cc(C)cc(C)c1. The fraction of sp³-hybridized carbons (Fsp3) is 0.286. The molecule has 0 aliphatic carbocycles. The number of hydrogen-bond acceptors (Lipinski definition) is 3. The summed E-state index contributed by atoms with van der Waals surface area (Å²) in [6.07, 6.45) is 0.402. The topological polar surface area (TPSA) is 49.4 Å². The summed E-state index contributed by atoms with van der Waals surface area (Å²) in [5.41, 5.74) is 5.30. The van der Waals surface area contributed by atoms with Crippen molar-refractivity contribution in [3.63, 3.8) is 0 Å². The van der Waals surface area contributed by atoms with Crippen LogP contribution < -0.4 is 5.32 Å². The molecule has 3 aromatic carbocycles. The van der Waals surface area contributed by atoms with E-state index >= 15 is 0 Å². The Morgan fingerprint density at radius 2 is 1.63 bits per heavy atom. The van der Waals surface area contributed by atoms with Crippen LogP contribution >= 0.6 is 35.0 Å². The molecule has 0 saturated carbocycles. The van der Waals surface area contributed by atoms with Crippen LogP contribution in [0.3, 0.4) is 0 Å². The zero-order chi connectivity index (χ0) is 25.4.